The number of hydrogen-bond acceptors (Lipinski definition) is 7. The van der Waals surface area contributed by atoms with Crippen molar-refractivity contribution in [1.29, 1.82) is 0 Å². The predicted molar refractivity (Wildman–Crippen MR) is 161 cm³/mol. The number of benzene rings is 3. The number of amides is 2. The largest absolute Gasteiger partial charge is 0.497 e. The number of ether oxygens (including phenoxy) is 3. The molecule has 1 atom stereocenters. The van der Waals surface area contributed by atoms with E-state index in [0.717, 1.165) is 54.0 Å². The van der Waals surface area contributed by atoms with Gasteiger partial charge in [0.05, 0.1) is 29.5 Å². The predicted octanol–water partition coefficient (Wildman–Crippen LogP) is 5.07. The van der Waals surface area contributed by atoms with Gasteiger partial charge in [-0.1, -0.05) is 36.4 Å². The van der Waals surface area contributed by atoms with E-state index in [-0.39, 0.29) is 36.2 Å². The Balaban J connectivity index is 1.45. The summed E-state index contributed by atoms with van der Waals surface area (Å²) in [5, 5.41) is 4.90. The number of methoxy groups -OCH3 is 1. The zero-order valence-electron chi connectivity index (χ0n) is 23.2. The summed E-state index contributed by atoms with van der Waals surface area (Å²) in [6.07, 6.45) is 1.96. The molecule has 1 fully saturated rings. The molecule has 1 saturated heterocycles. The molecule has 3 aromatic carbocycles. The van der Waals surface area contributed by atoms with Crippen LogP contribution in [0.5, 0.6) is 17.2 Å². The lowest BCUT2D eigenvalue weighted by molar-refractivity contribution is -0.130. The molecular formula is C32H30N4O5S. The third-order valence-corrected chi connectivity index (χ3v) is 9.16. The van der Waals surface area contributed by atoms with Gasteiger partial charge in [-0.3, -0.25) is 14.5 Å². The highest BCUT2D eigenvalue weighted by atomic mass is 32.2. The van der Waals surface area contributed by atoms with Crippen LogP contribution in [0.15, 0.2) is 72.8 Å². The van der Waals surface area contributed by atoms with E-state index in [4.69, 9.17) is 19.3 Å². The van der Waals surface area contributed by atoms with Crippen LogP contribution in [0.4, 0.5) is 5.82 Å². The van der Waals surface area contributed by atoms with Gasteiger partial charge in [-0.15, -0.1) is 11.8 Å². The molecule has 42 heavy (non-hydrogen) atoms. The SMILES string of the molecule is COc1ccc(-n2nc(-c3ccccc3)c3c2N(CC(=O)N2CCCC2)C(=O)CS[C@@H]3c2ccc3c(c2)OCO3)cc1. The van der Waals surface area contributed by atoms with Gasteiger partial charge in [-0.25, -0.2) is 4.68 Å². The van der Waals surface area contributed by atoms with Crippen LogP contribution in [0.25, 0.3) is 16.9 Å². The minimum Gasteiger partial charge on any atom is -0.497 e. The maximum Gasteiger partial charge on any atom is 0.242 e. The van der Waals surface area contributed by atoms with Crippen molar-refractivity contribution in [2.24, 2.45) is 0 Å². The number of anilines is 1. The summed E-state index contributed by atoms with van der Waals surface area (Å²) in [4.78, 5) is 31.0. The van der Waals surface area contributed by atoms with Crippen LogP contribution >= 0.6 is 11.8 Å². The molecule has 0 N–H and O–H groups in total. The van der Waals surface area contributed by atoms with Gasteiger partial charge in [0.15, 0.2) is 11.5 Å². The average molecular weight is 583 g/mol. The first-order valence-corrected chi connectivity index (χ1v) is 15.1. The van der Waals surface area contributed by atoms with Gasteiger partial charge in [0.25, 0.3) is 0 Å². The first-order valence-electron chi connectivity index (χ1n) is 14.0. The average Bonchev–Trinajstić information content (AvgIpc) is 3.79. The van der Waals surface area contributed by atoms with E-state index in [9.17, 15) is 9.59 Å². The normalized spacial score (nSPS) is 17.7. The molecule has 4 aromatic rings. The lowest BCUT2D eigenvalue weighted by Gasteiger charge is -2.25. The first-order chi connectivity index (χ1) is 20.6. The molecule has 0 bridgehead atoms. The standard InChI is InChI=1S/C32H30N4O5S/c1-39-24-12-10-23(11-13-24)36-32-29(30(33-36)21-7-3-2-4-8-21)31(22-9-14-25-26(17-22)41-20-40-25)42-19-28(38)35(32)18-27(37)34-15-5-6-16-34/h2-4,7-14,17,31H,5-6,15-16,18-20H2,1H3/t31-/m1/s1. The maximum absolute atomic E-state index is 13.9. The van der Waals surface area contributed by atoms with Crippen LogP contribution < -0.4 is 19.1 Å². The van der Waals surface area contributed by atoms with Crippen LogP contribution in [0.3, 0.4) is 0 Å². The van der Waals surface area contributed by atoms with E-state index in [1.165, 1.54) is 11.8 Å². The minimum atomic E-state index is -0.257. The molecule has 9 nitrogen and oxygen atoms in total. The Bertz CT molecular complexity index is 1630. The summed E-state index contributed by atoms with van der Waals surface area (Å²) in [7, 11) is 1.63. The Morgan fingerprint density at radius 3 is 2.52 bits per heavy atom. The van der Waals surface area contributed by atoms with Crippen molar-refractivity contribution in [3.63, 3.8) is 0 Å². The highest BCUT2D eigenvalue weighted by Gasteiger charge is 2.39. The number of thioether (sulfide) groups is 1. The molecule has 2 amide bonds. The zero-order valence-corrected chi connectivity index (χ0v) is 24.0. The number of carbonyl (C=O) groups excluding carboxylic acids is 2. The minimum absolute atomic E-state index is 0.0453. The highest BCUT2D eigenvalue weighted by molar-refractivity contribution is 8.00. The zero-order chi connectivity index (χ0) is 28.6. The molecule has 0 saturated carbocycles. The topological polar surface area (TPSA) is 86.1 Å². The van der Waals surface area contributed by atoms with Crippen molar-refractivity contribution in [3.05, 3.63) is 83.9 Å². The van der Waals surface area contributed by atoms with Gasteiger partial charge < -0.3 is 19.1 Å². The van der Waals surface area contributed by atoms with Crippen molar-refractivity contribution in [2.75, 3.05) is 44.2 Å². The highest BCUT2D eigenvalue weighted by Crippen LogP contribution is 2.50. The van der Waals surface area contributed by atoms with E-state index in [1.54, 1.807) is 16.7 Å². The lowest BCUT2D eigenvalue weighted by Crippen LogP contribution is -2.43. The summed E-state index contributed by atoms with van der Waals surface area (Å²) < 4.78 is 18.5. The molecule has 3 aliphatic heterocycles. The fourth-order valence-electron chi connectivity index (χ4n) is 5.77. The Morgan fingerprint density at radius 2 is 1.76 bits per heavy atom. The molecule has 7 rings (SSSR count). The van der Waals surface area contributed by atoms with E-state index in [1.807, 2.05) is 77.7 Å². The number of nitrogens with zero attached hydrogens (tertiary/aromatic N) is 4. The first kappa shape index (κ1) is 26.5. The molecule has 4 heterocycles. The number of fused-ring (bicyclic) bond motifs is 2. The van der Waals surface area contributed by atoms with E-state index < -0.39 is 0 Å². The Morgan fingerprint density at radius 1 is 1.00 bits per heavy atom. The summed E-state index contributed by atoms with van der Waals surface area (Å²) in [6, 6.07) is 23.5. The molecule has 0 radical (unpaired) electrons. The third kappa shape index (κ3) is 4.75. The molecule has 0 unspecified atom stereocenters. The van der Waals surface area contributed by atoms with E-state index >= 15 is 0 Å². The molecule has 3 aliphatic rings. The van der Waals surface area contributed by atoms with E-state index in [0.29, 0.717) is 23.1 Å². The monoisotopic (exact) mass is 582 g/mol. The van der Waals surface area contributed by atoms with Crippen LogP contribution in [0.1, 0.15) is 29.2 Å². The smallest absolute Gasteiger partial charge is 0.242 e. The fraction of sp³-hybridized carbons (Fsp3) is 0.281. The molecule has 1 aromatic heterocycles. The molecule has 214 valence electrons. The number of carbonyl (C=O) groups is 2. The van der Waals surface area contributed by atoms with Crippen LogP contribution in [-0.2, 0) is 9.59 Å². The molecule has 0 aliphatic carbocycles. The van der Waals surface area contributed by atoms with Crippen molar-refractivity contribution in [1.82, 2.24) is 14.7 Å². The number of aromatic nitrogens is 2. The van der Waals surface area contributed by atoms with Gasteiger partial charge in [0.2, 0.25) is 18.6 Å². The Kier molecular flexibility index (Phi) is 6.99. The molecular weight excluding hydrogens is 552 g/mol. The van der Waals surface area contributed by atoms with Gasteiger partial charge in [0.1, 0.15) is 18.1 Å². The van der Waals surface area contributed by atoms with Crippen LogP contribution in [0.2, 0.25) is 0 Å². The summed E-state index contributed by atoms with van der Waals surface area (Å²) in [5.74, 6) is 2.71. The lowest BCUT2D eigenvalue weighted by atomic mass is 9.99. The van der Waals surface area contributed by atoms with Crippen LogP contribution in [0, 0.1) is 0 Å². The van der Waals surface area contributed by atoms with Crippen molar-refractivity contribution < 1.29 is 23.8 Å². The second-order valence-corrected chi connectivity index (χ2v) is 11.5. The Labute approximate surface area is 248 Å². The third-order valence-electron chi connectivity index (χ3n) is 7.90. The molecule has 0 spiro atoms. The summed E-state index contributed by atoms with van der Waals surface area (Å²) >= 11 is 1.53. The Hall–Kier alpha value is -4.44. The molecule has 10 heteroatoms. The number of rotatable bonds is 6. The van der Waals surface area contributed by atoms with E-state index in [2.05, 4.69) is 0 Å². The van der Waals surface area contributed by atoms with Crippen molar-refractivity contribution in [3.8, 4) is 34.2 Å². The van der Waals surface area contributed by atoms with Crippen molar-refractivity contribution >= 4 is 29.4 Å². The number of likely N-dealkylation sites (tertiary alicyclic amines) is 1. The second-order valence-electron chi connectivity index (χ2n) is 10.4. The van der Waals surface area contributed by atoms with Crippen molar-refractivity contribution in [2.45, 2.75) is 18.1 Å². The van der Waals surface area contributed by atoms with Gasteiger partial charge >= 0.3 is 0 Å². The quantitative estimate of drug-likeness (QED) is 0.314. The maximum atomic E-state index is 13.9. The van der Waals surface area contributed by atoms with Crippen LogP contribution in [-0.4, -0.2) is 65.8 Å². The second kappa shape index (κ2) is 11.1. The summed E-state index contributed by atoms with van der Waals surface area (Å²) in [6.45, 7) is 1.57. The fourth-order valence-corrected chi connectivity index (χ4v) is 6.96. The van der Waals surface area contributed by atoms with Gasteiger partial charge in [-0.05, 0) is 54.8 Å². The summed E-state index contributed by atoms with van der Waals surface area (Å²) in [5.41, 5.74) is 4.29. The van der Waals surface area contributed by atoms with Gasteiger partial charge in [0, 0.05) is 24.2 Å². The van der Waals surface area contributed by atoms with Gasteiger partial charge in [-0.2, -0.15) is 5.10 Å². The number of hydrogen-bond donors (Lipinski definition) is 0.